The van der Waals surface area contributed by atoms with E-state index in [9.17, 15) is 13.2 Å². The van der Waals surface area contributed by atoms with Gasteiger partial charge in [0.25, 0.3) is 0 Å². The highest BCUT2D eigenvalue weighted by molar-refractivity contribution is 4.93. The van der Waals surface area contributed by atoms with Crippen LogP contribution in [0, 0.1) is 0 Å². The lowest BCUT2D eigenvalue weighted by Gasteiger charge is -2.46. The smallest absolute Gasteiger partial charge is 0.383 e. The van der Waals surface area contributed by atoms with Crippen LogP contribution in [-0.4, -0.2) is 74.5 Å². The number of nitrogens with two attached hydrogens (primary N) is 1. The summed E-state index contributed by atoms with van der Waals surface area (Å²) in [6.07, 6.45) is -3.29. The second-order valence-electron chi connectivity index (χ2n) is 5.09. The van der Waals surface area contributed by atoms with Gasteiger partial charge in [0, 0.05) is 39.8 Å². The summed E-state index contributed by atoms with van der Waals surface area (Å²) in [6, 6.07) is 0. The van der Waals surface area contributed by atoms with Crippen molar-refractivity contribution in [1.29, 1.82) is 0 Å². The van der Waals surface area contributed by atoms with Crippen molar-refractivity contribution < 1.29 is 17.9 Å². The number of ether oxygens (including phenoxy) is 1. The lowest BCUT2D eigenvalue weighted by Crippen LogP contribution is -2.62. The van der Waals surface area contributed by atoms with Crippen molar-refractivity contribution in [2.75, 3.05) is 53.0 Å². The summed E-state index contributed by atoms with van der Waals surface area (Å²) in [4.78, 5) is 3.61. The minimum absolute atomic E-state index is 0.251. The summed E-state index contributed by atoms with van der Waals surface area (Å²) in [5.41, 5.74) is 5.61. The molecule has 1 heterocycles. The molecule has 0 aromatic rings. The van der Waals surface area contributed by atoms with Crippen LogP contribution in [0.5, 0.6) is 0 Å². The van der Waals surface area contributed by atoms with Crippen LogP contribution < -0.4 is 5.73 Å². The molecule has 0 radical (unpaired) electrons. The summed E-state index contributed by atoms with van der Waals surface area (Å²) in [6.45, 7) is 4.22. The molecule has 1 saturated heterocycles. The molecule has 0 aliphatic carbocycles. The average molecular weight is 283 g/mol. The molecule has 0 aromatic heterocycles. The van der Waals surface area contributed by atoms with Crippen LogP contribution >= 0.6 is 0 Å². The third kappa shape index (κ3) is 4.59. The molecule has 1 fully saturated rings. The van der Waals surface area contributed by atoms with Crippen molar-refractivity contribution in [3.8, 4) is 0 Å². The van der Waals surface area contributed by atoms with E-state index in [1.165, 1.54) is 4.90 Å². The van der Waals surface area contributed by atoms with E-state index in [0.29, 0.717) is 39.3 Å². The largest absolute Gasteiger partial charge is 0.401 e. The van der Waals surface area contributed by atoms with Crippen molar-refractivity contribution in [3.63, 3.8) is 0 Å². The summed E-state index contributed by atoms with van der Waals surface area (Å²) < 4.78 is 42.2. The molecule has 0 spiro atoms. The average Bonchev–Trinajstić information content (AvgIpc) is 2.35. The molecule has 2 N–H and O–H groups in total. The maximum absolute atomic E-state index is 12.3. The van der Waals surface area contributed by atoms with Crippen LogP contribution in [0.25, 0.3) is 0 Å². The van der Waals surface area contributed by atoms with Crippen molar-refractivity contribution >= 4 is 0 Å². The van der Waals surface area contributed by atoms with Gasteiger partial charge in [0.15, 0.2) is 0 Å². The normalized spacial score (nSPS) is 22.4. The van der Waals surface area contributed by atoms with E-state index in [0.717, 1.165) is 6.42 Å². The predicted molar refractivity (Wildman–Crippen MR) is 68.0 cm³/mol. The molecule has 1 unspecified atom stereocenters. The Morgan fingerprint density at radius 2 is 1.74 bits per heavy atom. The summed E-state index contributed by atoms with van der Waals surface area (Å²) >= 11 is 0. The second kappa shape index (κ2) is 6.88. The molecule has 0 amide bonds. The van der Waals surface area contributed by atoms with Gasteiger partial charge < -0.3 is 10.5 Å². The summed E-state index contributed by atoms with van der Waals surface area (Å²) in [5.74, 6) is 0. The molecule has 4 nitrogen and oxygen atoms in total. The number of nitrogens with zero attached hydrogens (tertiary/aromatic N) is 2. The van der Waals surface area contributed by atoms with Gasteiger partial charge in [-0.2, -0.15) is 13.2 Å². The zero-order chi connectivity index (χ0) is 14.5. The summed E-state index contributed by atoms with van der Waals surface area (Å²) in [7, 11) is 1.62. The fourth-order valence-corrected chi connectivity index (χ4v) is 2.65. The quantitative estimate of drug-likeness (QED) is 0.787. The number of alkyl halides is 3. The van der Waals surface area contributed by atoms with E-state index in [2.05, 4.69) is 4.90 Å². The highest BCUT2D eigenvalue weighted by Gasteiger charge is 2.38. The third-order valence-electron chi connectivity index (χ3n) is 3.90. The zero-order valence-electron chi connectivity index (χ0n) is 11.7. The van der Waals surface area contributed by atoms with Crippen LogP contribution in [0.1, 0.15) is 13.3 Å². The second-order valence-corrected chi connectivity index (χ2v) is 5.09. The number of piperazine rings is 1. The molecule has 19 heavy (non-hydrogen) atoms. The lowest BCUT2D eigenvalue weighted by molar-refractivity contribution is -0.151. The molecule has 1 atom stereocenters. The van der Waals surface area contributed by atoms with Gasteiger partial charge in [-0.25, -0.2) is 0 Å². The molecule has 0 bridgehead atoms. The minimum Gasteiger partial charge on any atom is -0.383 e. The molecule has 114 valence electrons. The number of hydrogen-bond donors (Lipinski definition) is 1. The Morgan fingerprint density at radius 3 is 2.11 bits per heavy atom. The fraction of sp³-hybridized carbons (Fsp3) is 1.00. The third-order valence-corrected chi connectivity index (χ3v) is 3.90. The van der Waals surface area contributed by atoms with Gasteiger partial charge in [0.2, 0.25) is 0 Å². The Balaban J connectivity index is 2.56. The van der Waals surface area contributed by atoms with Gasteiger partial charge in [-0.3, -0.25) is 9.80 Å². The van der Waals surface area contributed by atoms with E-state index in [1.807, 2.05) is 6.92 Å². The molecular weight excluding hydrogens is 259 g/mol. The molecule has 1 rings (SSSR count). The molecule has 1 aliphatic heterocycles. The van der Waals surface area contributed by atoms with Crippen molar-refractivity contribution in [3.05, 3.63) is 0 Å². The van der Waals surface area contributed by atoms with E-state index < -0.39 is 12.7 Å². The molecular formula is C12H24F3N3O. The van der Waals surface area contributed by atoms with Crippen LogP contribution in [0.3, 0.4) is 0 Å². The van der Waals surface area contributed by atoms with Crippen LogP contribution in [0.4, 0.5) is 13.2 Å². The van der Waals surface area contributed by atoms with E-state index in [4.69, 9.17) is 10.5 Å². The van der Waals surface area contributed by atoms with Crippen LogP contribution in [0.15, 0.2) is 0 Å². The van der Waals surface area contributed by atoms with E-state index in [1.54, 1.807) is 7.11 Å². The Hall–Kier alpha value is -0.370. The Labute approximate surface area is 112 Å². The maximum Gasteiger partial charge on any atom is 0.401 e. The van der Waals surface area contributed by atoms with E-state index >= 15 is 0 Å². The van der Waals surface area contributed by atoms with Gasteiger partial charge >= 0.3 is 6.18 Å². The lowest BCUT2D eigenvalue weighted by atomic mass is 9.94. The fourth-order valence-electron chi connectivity index (χ4n) is 2.65. The maximum atomic E-state index is 12.3. The first-order chi connectivity index (χ1) is 8.87. The topological polar surface area (TPSA) is 41.7 Å². The highest BCUT2D eigenvalue weighted by atomic mass is 19.4. The highest BCUT2D eigenvalue weighted by Crippen LogP contribution is 2.23. The SMILES string of the molecule is CCC(CN)(COC)N1CCN(CC(F)(F)F)CC1. The molecule has 0 aromatic carbocycles. The van der Waals surface area contributed by atoms with Gasteiger partial charge in [0.1, 0.15) is 0 Å². The zero-order valence-corrected chi connectivity index (χ0v) is 11.7. The van der Waals surface area contributed by atoms with Crippen LogP contribution in [0.2, 0.25) is 0 Å². The first-order valence-electron chi connectivity index (χ1n) is 6.60. The van der Waals surface area contributed by atoms with Gasteiger partial charge in [-0.05, 0) is 6.42 Å². The minimum atomic E-state index is -4.12. The number of rotatable bonds is 6. The molecule has 7 heteroatoms. The molecule has 1 aliphatic rings. The standard InChI is InChI=1S/C12H24F3N3O/c1-3-11(8-16,10-19-2)18-6-4-17(5-7-18)9-12(13,14)15/h3-10,16H2,1-2H3. The van der Waals surface area contributed by atoms with Crippen LogP contribution in [-0.2, 0) is 4.74 Å². The van der Waals surface area contributed by atoms with Gasteiger partial charge in [0.05, 0.1) is 18.7 Å². The number of methoxy groups -OCH3 is 1. The molecule has 0 saturated carbocycles. The van der Waals surface area contributed by atoms with Crippen molar-refractivity contribution in [1.82, 2.24) is 9.80 Å². The Kier molecular flexibility index (Phi) is 6.04. The van der Waals surface area contributed by atoms with Gasteiger partial charge in [-0.1, -0.05) is 6.92 Å². The van der Waals surface area contributed by atoms with Crippen molar-refractivity contribution in [2.24, 2.45) is 5.73 Å². The van der Waals surface area contributed by atoms with Gasteiger partial charge in [-0.15, -0.1) is 0 Å². The van der Waals surface area contributed by atoms with E-state index in [-0.39, 0.29) is 5.54 Å². The van der Waals surface area contributed by atoms with Crippen molar-refractivity contribution in [2.45, 2.75) is 25.1 Å². The first kappa shape index (κ1) is 16.7. The Bertz CT molecular complexity index is 261. The number of halogens is 3. The monoisotopic (exact) mass is 283 g/mol. The Morgan fingerprint density at radius 1 is 1.16 bits per heavy atom. The summed E-state index contributed by atoms with van der Waals surface area (Å²) in [5, 5.41) is 0. The number of hydrogen-bond acceptors (Lipinski definition) is 4. The predicted octanol–water partition coefficient (Wildman–Crippen LogP) is 0.920. The first-order valence-corrected chi connectivity index (χ1v) is 6.60.